The summed E-state index contributed by atoms with van der Waals surface area (Å²) in [5.74, 6) is 0. The topological polar surface area (TPSA) is 29.3 Å². The molecule has 1 heterocycles. The van der Waals surface area contributed by atoms with Crippen molar-refractivity contribution < 1.29 is 0 Å². The van der Waals surface area contributed by atoms with Crippen LogP contribution in [0.25, 0.3) is 0 Å². The lowest BCUT2D eigenvalue weighted by Gasteiger charge is -2.29. The van der Waals surface area contributed by atoms with Gasteiger partial charge in [-0.1, -0.05) is 17.7 Å². The minimum Gasteiger partial charge on any atom is -0.371 e. The van der Waals surface area contributed by atoms with Crippen LogP contribution in [0.1, 0.15) is 24.8 Å². The highest BCUT2D eigenvalue weighted by molar-refractivity contribution is 6.31. The summed E-state index contributed by atoms with van der Waals surface area (Å²) < 4.78 is 0. The minimum absolute atomic E-state index is 0.513. The van der Waals surface area contributed by atoms with Gasteiger partial charge in [-0.05, 0) is 37.0 Å². The molecule has 0 aromatic heterocycles. The summed E-state index contributed by atoms with van der Waals surface area (Å²) in [7, 11) is 0. The molecule has 1 saturated heterocycles. The first-order chi connectivity index (χ1) is 7.31. The van der Waals surface area contributed by atoms with Crippen LogP contribution in [0.4, 0.5) is 5.69 Å². The van der Waals surface area contributed by atoms with E-state index in [9.17, 15) is 0 Å². The van der Waals surface area contributed by atoms with E-state index in [-0.39, 0.29) is 0 Å². The van der Waals surface area contributed by atoms with Crippen LogP contribution < -0.4 is 10.6 Å². The molecule has 82 valence electrons. The Labute approximate surface area is 96.0 Å². The summed E-state index contributed by atoms with van der Waals surface area (Å²) >= 11 is 6.14. The summed E-state index contributed by atoms with van der Waals surface area (Å²) in [4.78, 5) is 2.40. The second-order valence-corrected chi connectivity index (χ2v) is 4.43. The third-order valence-corrected chi connectivity index (χ3v) is 3.33. The van der Waals surface area contributed by atoms with Crippen LogP contribution >= 0.6 is 11.6 Å². The maximum Gasteiger partial charge on any atom is 0.0471 e. The number of halogens is 1. The Kier molecular flexibility index (Phi) is 3.49. The van der Waals surface area contributed by atoms with Crippen LogP contribution in [-0.2, 0) is 6.54 Å². The van der Waals surface area contributed by atoms with Crippen LogP contribution in [0.5, 0.6) is 0 Å². The smallest absolute Gasteiger partial charge is 0.0471 e. The highest BCUT2D eigenvalue weighted by Crippen LogP contribution is 2.25. The third-order valence-electron chi connectivity index (χ3n) is 2.98. The zero-order valence-electron chi connectivity index (χ0n) is 8.88. The van der Waals surface area contributed by atoms with Gasteiger partial charge < -0.3 is 10.6 Å². The van der Waals surface area contributed by atoms with Crippen molar-refractivity contribution in [3.63, 3.8) is 0 Å². The van der Waals surface area contributed by atoms with E-state index in [1.54, 1.807) is 0 Å². The minimum atomic E-state index is 0.513. The summed E-state index contributed by atoms with van der Waals surface area (Å²) in [6.45, 7) is 2.82. The van der Waals surface area contributed by atoms with E-state index in [4.69, 9.17) is 17.3 Å². The lowest BCUT2D eigenvalue weighted by Crippen LogP contribution is -2.29. The lowest BCUT2D eigenvalue weighted by atomic mass is 10.1. The number of hydrogen-bond acceptors (Lipinski definition) is 2. The molecule has 2 nitrogen and oxygen atoms in total. The van der Waals surface area contributed by atoms with E-state index >= 15 is 0 Å². The van der Waals surface area contributed by atoms with E-state index < -0.39 is 0 Å². The van der Waals surface area contributed by atoms with Crippen molar-refractivity contribution in [3.05, 3.63) is 28.8 Å². The Hall–Kier alpha value is -0.730. The molecular formula is C12H17ClN2. The number of benzene rings is 1. The predicted molar refractivity (Wildman–Crippen MR) is 65.4 cm³/mol. The molecule has 0 aliphatic carbocycles. The lowest BCUT2D eigenvalue weighted by molar-refractivity contribution is 0.578. The number of anilines is 1. The van der Waals surface area contributed by atoms with Gasteiger partial charge in [-0.25, -0.2) is 0 Å². The molecule has 0 amide bonds. The zero-order chi connectivity index (χ0) is 10.7. The number of piperidine rings is 1. The molecule has 15 heavy (non-hydrogen) atoms. The second-order valence-electron chi connectivity index (χ2n) is 4.03. The van der Waals surface area contributed by atoms with Gasteiger partial charge in [-0.3, -0.25) is 0 Å². The number of nitrogens with two attached hydrogens (primary N) is 1. The molecule has 1 aromatic carbocycles. The van der Waals surface area contributed by atoms with E-state index in [1.807, 2.05) is 12.1 Å². The largest absolute Gasteiger partial charge is 0.371 e. The summed E-state index contributed by atoms with van der Waals surface area (Å²) in [6.07, 6.45) is 3.93. The Morgan fingerprint density at radius 1 is 1.20 bits per heavy atom. The van der Waals surface area contributed by atoms with Gasteiger partial charge in [0.15, 0.2) is 0 Å². The first-order valence-electron chi connectivity index (χ1n) is 5.54. The van der Waals surface area contributed by atoms with Gasteiger partial charge in [-0.2, -0.15) is 0 Å². The average Bonchev–Trinajstić information content (AvgIpc) is 2.30. The molecule has 1 aliphatic rings. The molecule has 2 N–H and O–H groups in total. The van der Waals surface area contributed by atoms with E-state index in [0.29, 0.717) is 6.54 Å². The van der Waals surface area contributed by atoms with Crippen molar-refractivity contribution in [2.24, 2.45) is 5.73 Å². The van der Waals surface area contributed by atoms with Crippen LogP contribution in [0.3, 0.4) is 0 Å². The summed E-state index contributed by atoms with van der Waals surface area (Å²) in [5.41, 5.74) is 7.84. The number of nitrogens with zero attached hydrogens (tertiary/aromatic N) is 1. The van der Waals surface area contributed by atoms with Gasteiger partial charge in [0.1, 0.15) is 0 Å². The second kappa shape index (κ2) is 4.86. The van der Waals surface area contributed by atoms with Gasteiger partial charge in [-0.15, -0.1) is 0 Å². The monoisotopic (exact) mass is 224 g/mol. The first-order valence-corrected chi connectivity index (χ1v) is 5.92. The van der Waals surface area contributed by atoms with E-state index in [0.717, 1.165) is 23.7 Å². The zero-order valence-corrected chi connectivity index (χ0v) is 9.63. The quantitative estimate of drug-likeness (QED) is 0.837. The van der Waals surface area contributed by atoms with Crippen LogP contribution in [0, 0.1) is 0 Å². The Morgan fingerprint density at radius 2 is 1.93 bits per heavy atom. The molecule has 0 saturated carbocycles. The van der Waals surface area contributed by atoms with Gasteiger partial charge in [0.05, 0.1) is 0 Å². The van der Waals surface area contributed by atoms with Crippen molar-refractivity contribution in [1.29, 1.82) is 0 Å². The SMILES string of the molecule is NCc1ccc(N2CCCCC2)cc1Cl. The normalized spacial score (nSPS) is 16.8. The number of hydrogen-bond donors (Lipinski definition) is 1. The highest BCUT2D eigenvalue weighted by atomic mass is 35.5. The van der Waals surface area contributed by atoms with Crippen LogP contribution in [-0.4, -0.2) is 13.1 Å². The highest BCUT2D eigenvalue weighted by Gasteiger charge is 2.11. The summed E-state index contributed by atoms with van der Waals surface area (Å²) in [6, 6.07) is 6.20. The van der Waals surface area contributed by atoms with Gasteiger partial charge in [0, 0.05) is 30.3 Å². The Morgan fingerprint density at radius 3 is 2.53 bits per heavy atom. The molecule has 3 heteroatoms. The first kappa shape index (κ1) is 10.8. The average molecular weight is 225 g/mol. The fraction of sp³-hybridized carbons (Fsp3) is 0.500. The van der Waals surface area contributed by atoms with Crippen molar-refractivity contribution in [2.45, 2.75) is 25.8 Å². The van der Waals surface area contributed by atoms with Gasteiger partial charge in [0.2, 0.25) is 0 Å². The standard InChI is InChI=1S/C12H17ClN2/c13-12-8-11(5-4-10(12)9-14)15-6-2-1-3-7-15/h4-5,8H,1-3,6-7,9,14H2. The molecule has 0 radical (unpaired) electrons. The van der Waals surface area contributed by atoms with E-state index in [1.165, 1.54) is 24.9 Å². The molecule has 0 bridgehead atoms. The molecule has 0 spiro atoms. The fourth-order valence-corrected chi connectivity index (χ4v) is 2.30. The Bertz CT molecular complexity index is 332. The van der Waals surface area contributed by atoms with Crippen molar-refractivity contribution in [1.82, 2.24) is 0 Å². The van der Waals surface area contributed by atoms with E-state index in [2.05, 4.69) is 11.0 Å². The molecule has 1 fully saturated rings. The van der Waals surface area contributed by atoms with Gasteiger partial charge >= 0.3 is 0 Å². The van der Waals surface area contributed by atoms with Crippen molar-refractivity contribution in [2.75, 3.05) is 18.0 Å². The van der Waals surface area contributed by atoms with Crippen LogP contribution in [0.2, 0.25) is 5.02 Å². The molecular weight excluding hydrogens is 208 g/mol. The van der Waals surface area contributed by atoms with Crippen molar-refractivity contribution in [3.8, 4) is 0 Å². The third kappa shape index (κ3) is 2.44. The maximum absolute atomic E-state index is 6.14. The van der Waals surface area contributed by atoms with Gasteiger partial charge in [0.25, 0.3) is 0 Å². The van der Waals surface area contributed by atoms with Crippen LogP contribution in [0.15, 0.2) is 18.2 Å². The summed E-state index contributed by atoms with van der Waals surface area (Å²) in [5, 5.41) is 0.792. The molecule has 0 unspecified atom stereocenters. The molecule has 0 atom stereocenters. The fourth-order valence-electron chi connectivity index (χ4n) is 2.05. The molecule has 1 aliphatic heterocycles. The molecule has 2 rings (SSSR count). The Balaban J connectivity index is 2.17. The predicted octanol–water partition coefficient (Wildman–Crippen LogP) is 2.79. The molecule has 1 aromatic rings. The van der Waals surface area contributed by atoms with Crippen molar-refractivity contribution >= 4 is 17.3 Å². The maximum atomic E-state index is 6.14. The number of rotatable bonds is 2.